The fraction of sp³-hybridized carbons (Fsp3) is 0.533. The summed E-state index contributed by atoms with van der Waals surface area (Å²) in [7, 11) is 0. The Morgan fingerprint density at radius 2 is 2.26 bits per heavy atom. The molecule has 0 saturated heterocycles. The molecule has 1 amide bonds. The third kappa shape index (κ3) is 3.87. The molecule has 1 aromatic rings. The van der Waals surface area contributed by atoms with Crippen molar-refractivity contribution in [3.05, 3.63) is 28.8 Å². The van der Waals surface area contributed by atoms with Crippen LogP contribution in [0.4, 0.5) is 5.69 Å². The van der Waals surface area contributed by atoms with Crippen LogP contribution >= 0.6 is 11.6 Å². The second-order valence-electron chi connectivity index (χ2n) is 5.58. The molecule has 1 saturated carbocycles. The van der Waals surface area contributed by atoms with Crippen molar-refractivity contribution in [2.24, 2.45) is 17.6 Å². The number of halogens is 1. The molecule has 0 bridgehead atoms. The molecule has 4 heteroatoms. The van der Waals surface area contributed by atoms with Gasteiger partial charge < -0.3 is 11.1 Å². The van der Waals surface area contributed by atoms with Gasteiger partial charge in [0.05, 0.1) is 10.6 Å². The Morgan fingerprint density at radius 1 is 1.47 bits per heavy atom. The first-order chi connectivity index (χ1) is 9.06. The number of anilines is 1. The van der Waals surface area contributed by atoms with E-state index in [-0.39, 0.29) is 0 Å². The fourth-order valence-corrected chi connectivity index (χ4v) is 3.04. The van der Waals surface area contributed by atoms with E-state index < -0.39 is 5.91 Å². The number of carbonyl (C=O) groups excluding carboxylic acids is 1. The molecule has 104 valence electrons. The SMILES string of the molecule is CC1CCCC(CNc2ccc(Cl)c(C(N)=O)c2)C1. The summed E-state index contributed by atoms with van der Waals surface area (Å²) in [6, 6.07) is 5.34. The molecular formula is C15H21ClN2O. The number of rotatable bonds is 4. The Balaban J connectivity index is 1.96. The van der Waals surface area contributed by atoms with E-state index in [9.17, 15) is 4.79 Å². The van der Waals surface area contributed by atoms with Crippen molar-refractivity contribution in [2.45, 2.75) is 32.6 Å². The maximum Gasteiger partial charge on any atom is 0.250 e. The highest BCUT2D eigenvalue weighted by Gasteiger charge is 2.18. The standard InChI is InChI=1S/C15H21ClN2O/c1-10-3-2-4-11(7-10)9-18-12-5-6-14(16)13(8-12)15(17)19/h5-6,8,10-11,18H,2-4,7,9H2,1H3,(H2,17,19). The highest BCUT2D eigenvalue weighted by molar-refractivity contribution is 6.33. The third-order valence-electron chi connectivity index (χ3n) is 3.87. The van der Waals surface area contributed by atoms with Crippen LogP contribution < -0.4 is 11.1 Å². The number of primary amides is 1. The molecule has 0 radical (unpaired) electrons. The number of hydrogen-bond acceptors (Lipinski definition) is 2. The van der Waals surface area contributed by atoms with E-state index in [1.54, 1.807) is 12.1 Å². The zero-order valence-corrected chi connectivity index (χ0v) is 12.0. The van der Waals surface area contributed by atoms with Crippen molar-refractivity contribution in [3.63, 3.8) is 0 Å². The molecule has 1 fully saturated rings. The molecule has 0 aliphatic heterocycles. The van der Waals surface area contributed by atoms with Crippen molar-refractivity contribution < 1.29 is 4.79 Å². The van der Waals surface area contributed by atoms with Gasteiger partial charge in [0, 0.05) is 12.2 Å². The minimum atomic E-state index is -0.486. The van der Waals surface area contributed by atoms with E-state index >= 15 is 0 Å². The first-order valence-corrected chi connectivity index (χ1v) is 7.27. The average Bonchev–Trinajstić information content (AvgIpc) is 2.37. The van der Waals surface area contributed by atoms with Gasteiger partial charge >= 0.3 is 0 Å². The molecule has 3 nitrogen and oxygen atoms in total. The molecule has 2 unspecified atom stereocenters. The van der Waals surface area contributed by atoms with Crippen LogP contribution in [-0.4, -0.2) is 12.5 Å². The highest BCUT2D eigenvalue weighted by atomic mass is 35.5. The van der Waals surface area contributed by atoms with E-state index in [1.165, 1.54) is 25.7 Å². The molecule has 0 spiro atoms. The molecule has 1 aliphatic rings. The smallest absolute Gasteiger partial charge is 0.250 e. The normalized spacial score (nSPS) is 23.1. The number of carbonyl (C=O) groups is 1. The molecule has 2 atom stereocenters. The van der Waals surface area contributed by atoms with Gasteiger partial charge in [-0.3, -0.25) is 4.79 Å². The van der Waals surface area contributed by atoms with Crippen molar-refractivity contribution in [3.8, 4) is 0 Å². The van der Waals surface area contributed by atoms with Gasteiger partial charge in [0.1, 0.15) is 0 Å². The van der Waals surface area contributed by atoms with E-state index in [4.69, 9.17) is 17.3 Å². The number of amides is 1. The molecule has 2 rings (SSSR count). The third-order valence-corrected chi connectivity index (χ3v) is 4.20. The second-order valence-corrected chi connectivity index (χ2v) is 5.98. The lowest BCUT2D eigenvalue weighted by molar-refractivity contribution is 0.100. The predicted octanol–water partition coefficient (Wildman–Crippen LogP) is 3.68. The molecule has 1 aliphatic carbocycles. The maximum absolute atomic E-state index is 11.2. The van der Waals surface area contributed by atoms with Crippen LogP contribution in [0.5, 0.6) is 0 Å². The van der Waals surface area contributed by atoms with Gasteiger partial charge in [-0.1, -0.05) is 31.4 Å². The van der Waals surface area contributed by atoms with Crippen molar-refractivity contribution in [1.29, 1.82) is 0 Å². The number of hydrogen-bond donors (Lipinski definition) is 2. The summed E-state index contributed by atoms with van der Waals surface area (Å²) in [6.07, 6.45) is 5.24. The fourth-order valence-electron chi connectivity index (χ4n) is 2.83. The van der Waals surface area contributed by atoms with Gasteiger partial charge in [-0.05, 0) is 42.9 Å². The summed E-state index contributed by atoms with van der Waals surface area (Å²) < 4.78 is 0. The van der Waals surface area contributed by atoms with Gasteiger partial charge in [-0.25, -0.2) is 0 Å². The minimum absolute atomic E-state index is 0.378. The van der Waals surface area contributed by atoms with Gasteiger partial charge in [0.2, 0.25) is 5.91 Å². The van der Waals surface area contributed by atoms with E-state index in [2.05, 4.69) is 12.2 Å². The first-order valence-electron chi connectivity index (χ1n) is 6.89. The first kappa shape index (κ1) is 14.2. The van der Waals surface area contributed by atoms with Crippen LogP contribution in [0.2, 0.25) is 5.02 Å². The van der Waals surface area contributed by atoms with Gasteiger partial charge in [-0.15, -0.1) is 0 Å². The highest BCUT2D eigenvalue weighted by Crippen LogP contribution is 2.29. The summed E-state index contributed by atoms with van der Waals surface area (Å²) in [5.74, 6) is 1.06. The number of nitrogens with one attached hydrogen (secondary N) is 1. The van der Waals surface area contributed by atoms with Crippen LogP contribution in [0.1, 0.15) is 43.0 Å². The van der Waals surface area contributed by atoms with Crippen LogP contribution in [0, 0.1) is 11.8 Å². The van der Waals surface area contributed by atoms with Gasteiger partial charge in [0.25, 0.3) is 0 Å². The largest absolute Gasteiger partial charge is 0.385 e. The summed E-state index contributed by atoms with van der Waals surface area (Å²) in [4.78, 5) is 11.2. The summed E-state index contributed by atoms with van der Waals surface area (Å²) in [5, 5.41) is 3.80. The quantitative estimate of drug-likeness (QED) is 0.884. The Bertz CT molecular complexity index is 461. The zero-order chi connectivity index (χ0) is 13.8. The molecule has 3 N–H and O–H groups in total. The van der Waals surface area contributed by atoms with Gasteiger partial charge in [-0.2, -0.15) is 0 Å². The Hall–Kier alpha value is -1.22. The lowest BCUT2D eigenvalue weighted by atomic mass is 9.82. The molecule has 1 aromatic carbocycles. The maximum atomic E-state index is 11.2. The van der Waals surface area contributed by atoms with E-state index in [0.29, 0.717) is 10.6 Å². The van der Waals surface area contributed by atoms with Crippen molar-refractivity contribution >= 4 is 23.2 Å². The molecule has 0 aromatic heterocycles. The van der Waals surface area contributed by atoms with E-state index in [0.717, 1.165) is 24.1 Å². The van der Waals surface area contributed by atoms with Crippen molar-refractivity contribution in [1.82, 2.24) is 0 Å². The summed E-state index contributed by atoms with van der Waals surface area (Å²) in [6.45, 7) is 3.27. The Kier molecular flexibility index (Phi) is 4.70. The predicted molar refractivity (Wildman–Crippen MR) is 79.6 cm³/mol. The summed E-state index contributed by atoms with van der Waals surface area (Å²) >= 11 is 5.93. The lowest BCUT2D eigenvalue weighted by Crippen LogP contribution is -2.21. The minimum Gasteiger partial charge on any atom is -0.385 e. The Morgan fingerprint density at radius 3 is 2.95 bits per heavy atom. The van der Waals surface area contributed by atoms with Gasteiger partial charge in [0.15, 0.2) is 0 Å². The van der Waals surface area contributed by atoms with Crippen LogP contribution in [0.3, 0.4) is 0 Å². The monoisotopic (exact) mass is 280 g/mol. The molecule has 0 heterocycles. The zero-order valence-electron chi connectivity index (χ0n) is 11.3. The lowest BCUT2D eigenvalue weighted by Gasteiger charge is -2.27. The van der Waals surface area contributed by atoms with Crippen LogP contribution in [-0.2, 0) is 0 Å². The van der Waals surface area contributed by atoms with E-state index in [1.807, 2.05) is 6.07 Å². The number of benzene rings is 1. The topological polar surface area (TPSA) is 55.1 Å². The van der Waals surface area contributed by atoms with Crippen LogP contribution in [0.25, 0.3) is 0 Å². The molecule has 19 heavy (non-hydrogen) atoms. The Labute approximate surface area is 119 Å². The summed E-state index contributed by atoms with van der Waals surface area (Å²) in [5.41, 5.74) is 6.58. The number of nitrogens with two attached hydrogens (primary N) is 1. The average molecular weight is 281 g/mol. The molecular weight excluding hydrogens is 260 g/mol. The second kappa shape index (κ2) is 6.29. The van der Waals surface area contributed by atoms with Crippen molar-refractivity contribution in [2.75, 3.05) is 11.9 Å². The van der Waals surface area contributed by atoms with Crippen LogP contribution in [0.15, 0.2) is 18.2 Å².